The number of anilines is 1. The molecule has 0 spiro atoms. The topological polar surface area (TPSA) is 122 Å². The lowest BCUT2D eigenvalue weighted by Gasteiger charge is -2.39. The minimum absolute atomic E-state index is 0.0199. The van der Waals surface area contributed by atoms with Crippen LogP contribution in [-0.2, 0) is 24.8 Å². The number of benzene rings is 3. The summed E-state index contributed by atoms with van der Waals surface area (Å²) in [6.07, 6.45) is 0. The van der Waals surface area contributed by atoms with E-state index in [0.29, 0.717) is 30.4 Å². The van der Waals surface area contributed by atoms with E-state index >= 15 is 0 Å². The molecule has 0 aromatic heterocycles. The molecule has 0 radical (unpaired) electrons. The molecule has 2 aliphatic heterocycles. The molecule has 0 aliphatic carbocycles. The molecule has 1 saturated heterocycles. The van der Waals surface area contributed by atoms with E-state index in [4.69, 9.17) is 9.47 Å². The summed E-state index contributed by atoms with van der Waals surface area (Å²) in [7, 11) is -8.04. The monoisotopic (exact) mass is 543 g/mol. The number of carbonyl (C=O) groups is 1. The van der Waals surface area contributed by atoms with Crippen LogP contribution in [0.3, 0.4) is 0 Å². The SMILES string of the molecule is O=C(Nc1ccc2c(c1)OCCO2)[C@@H]1CN(S(=O)(=O)c2ccccc2)CCN1S(=O)(=O)c1ccccc1. The number of piperazine rings is 1. The maximum atomic E-state index is 13.5. The van der Waals surface area contributed by atoms with E-state index < -0.39 is 32.0 Å². The van der Waals surface area contributed by atoms with Crippen LogP contribution in [0.25, 0.3) is 0 Å². The highest BCUT2D eigenvalue weighted by Crippen LogP contribution is 2.33. The van der Waals surface area contributed by atoms with Gasteiger partial charge >= 0.3 is 0 Å². The Balaban J connectivity index is 1.47. The van der Waals surface area contributed by atoms with Gasteiger partial charge in [0, 0.05) is 31.4 Å². The second-order valence-corrected chi connectivity index (χ2v) is 12.3. The van der Waals surface area contributed by atoms with E-state index in [1.165, 1.54) is 24.3 Å². The molecule has 1 fully saturated rings. The molecule has 2 aliphatic rings. The van der Waals surface area contributed by atoms with E-state index in [1.807, 2.05) is 0 Å². The fraction of sp³-hybridized carbons (Fsp3) is 0.240. The van der Waals surface area contributed by atoms with E-state index in [2.05, 4.69) is 5.32 Å². The number of hydrogen-bond acceptors (Lipinski definition) is 7. The molecule has 1 amide bonds. The second-order valence-electron chi connectivity index (χ2n) is 8.47. The Morgan fingerprint density at radius 2 is 1.35 bits per heavy atom. The number of nitrogens with zero attached hydrogens (tertiary/aromatic N) is 2. The van der Waals surface area contributed by atoms with Crippen molar-refractivity contribution in [2.24, 2.45) is 0 Å². The van der Waals surface area contributed by atoms with Crippen molar-refractivity contribution in [1.82, 2.24) is 8.61 Å². The van der Waals surface area contributed by atoms with Gasteiger partial charge in [-0.1, -0.05) is 36.4 Å². The summed E-state index contributed by atoms with van der Waals surface area (Å²) in [5.41, 5.74) is 0.370. The lowest BCUT2D eigenvalue weighted by atomic mass is 10.2. The summed E-state index contributed by atoms with van der Waals surface area (Å²) in [6.45, 7) is 0.139. The molecule has 194 valence electrons. The van der Waals surface area contributed by atoms with Gasteiger partial charge in [-0.2, -0.15) is 8.61 Å². The van der Waals surface area contributed by atoms with Gasteiger partial charge in [0.15, 0.2) is 11.5 Å². The smallest absolute Gasteiger partial charge is 0.244 e. The molecule has 37 heavy (non-hydrogen) atoms. The number of amides is 1. The Hall–Kier alpha value is -3.45. The maximum Gasteiger partial charge on any atom is 0.244 e. The van der Waals surface area contributed by atoms with Crippen LogP contribution in [0.15, 0.2) is 88.7 Å². The summed E-state index contributed by atoms with van der Waals surface area (Å²) < 4.78 is 66.9. The molecule has 0 bridgehead atoms. The quantitative estimate of drug-likeness (QED) is 0.506. The van der Waals surface area contributed by atoms with Crippen molar-refractivity contribution in [3.63, 3.8) is 0 Å². The van der Waals surface area contributed by atoms with Gasteiger partial charge in [-0.15, -0.1) is 0 Å². The van der Waals surface area contributed by atoms with Crippen LogP contribution < -0.4 is 14.8 Å². The number of fused-ring (bicyclic) bond motifs is 1. The standard InChI is InChI=1S/C25H25N3O7S2/c29-25(26-19-11-12-23-24(17-19)35-16-15-34-23)22-18-27(36(30,31)20-7-3-1-4-8-20)13-14-28(22)37(32,33)21-9-5-2-6-10-21/h1-12,17,22H,13-16,18H2,(H,26,29)/t22-/m0/s1. The predicted octanol–water partition coefficient (Wildman–Crippen LogP) is 2.16. The maximum absolute atomic E-state index is 13.5. The van der Waals surface area contributed by atoms with E-state index in [9.17, 15) is 21.6 Å². The average Bonchev–Trinajstić information content (AvgIpc) is 2.93. The highest BCUT2D eigenvalue weighted by atomic mass is 32.2. The Morgan fingerprint density at radius 3 is 2.00 bits per heavy atom. The molecule has 0 saturated carbocycles. The fourth-order valence-electron chi connectivity index (χ4n) is 4.28. The van der Waals surface area contributed by atoms with Gasteiger partial charge < -0.3 is 14.8 Å². The van der Waals surface area contributed by atoms with Crippen molar-refractivity contribution in [3.05, 3.63) is 78.9 Å². The van der Waals surface area contributed by atoms with Gasteiger partial charge in [0.05, 0.1) is 9.79 Å². The van der Waals surface area contributed by atoms with Crippen molar-refractivity contribution < 1.29 is 31.1 Å². The van der Waals surface area contributed by atoms with Crippen molar-refractivity contribution in [2.75, 3.05) is 38.2 Å². The fourth-order valence-corrected chi connectivity index (χ4v) is 7.33. The first-order chi connectivity index (χ1) is 17.8. The number of carbonyl (C=O) groups excluding carboxylic acids is 1. The third-order valence-corrected chi connectivity index (χ3v) is 9.94. The van der Waals surface area contributed by atoms with E-state index in [0.717, 1.165) is 8.61 Å². The van der Waals surface area contributed by atoms with Crippen molar-refractivity contribution in [1.29, 1.82) is 0 Å². The molecule has 2 heterocycles. The first-order valence-electron chi connectivity index (χ1n) is 11.6. The third kappa shape index (κ3) is 5.05. The molecule has 5 rings (SSSR count). The lowest BCUT2D eigenvalue weighted by Crippen LogP contribution is -2.60. The Kier molecular flexibility index (Phi) is 6.90. The molecule has 1 atom stereocenters. The second kappa shape index (κ2) is 10.1. The highest BCUT2D eigenvalue weighted by Gasteiger charge is 2.43. The molecular formula is C25H25N3O7S2. The van der Waals surface area contributed by atoms with E-state index in [-0.39, 0.29) is 29.4 Å². The molecule has 1 N–H and O–H groups in total. The van der Waals surface area contributed by atoms with Crippen molar-refractivity contribution in [2.45, 2.75) is 15.8 Å². The van der Waals surface area contributed by atoms with E-state index in [1.54, 1.807) is 54.6 Å². The van der Waals surface area contributed by atoms with Gasteiger partial charge in [-0.05, 0) is 36.4 Å². The number of nitrogens with one attached hydrogen (secondary N) is 1. The zero-order valence-electron chi connectivity index (χ0n) is 19.7. The molecule has 10 nitrogen and oxygen atoms in total. The summed E-state index contributed by atoms with van der Waals surface area (Å²) in [5, 5.41) is 2.72. The zero-order chi connectivity index (χ0) is 26.0. The molecular weight excluding hydrogens is 518 g/mol. The Morgan fingerprint density at radius 1 is 0.757 bits per heavy atom. The van der Waals surface area contributed by atoms with Crippen LogP contribution >= 0.6 is 0 Å². The molecule has 3 aromatic carbocycles. The van der Waals surface area contributed by atoms with Gasteiger partial charge in [0.25, 0.3) is 0 Å². The van der Waals surface area contributed by atoms with Gasteiger partial charge in [-0.25, -0.2) is 16.8 Å². The van der Waals surface area contributed by atoms with Crippen LogP contribution in [0.4, 0.5) is 5.69 Å². The van der Waals surface area contributed by atoms with Crippen LogP contribution in [0.2, 0.25) is 0 Å². The lowest BCUT2D eigenvalue weighted by molar-refractivity contribution is -0.120. The van der Waals surface area contributed by atoms with Crippen LogP contribution in [-0.4, -0.2) is 70.2 Å². The summed E-state index contributed by atoms with van der Waals surface area (Å²) in [5.74, 6) is 0.328. The van der Waals surface area contributed by atoms with Crippen molar-refractivity contribution >= 4 is 31.6 Å². The minimum atomic E-state index is -4.09. The molecule has 0 unspecified atom stereocenters. The number of sulfonamides is 2. The Labute approximate surface area is 215 Å². The molecule has 12 heteroatoms. The third-order valence-electron chi connectivity index (χ3n) is 6.14. The number of rotatable bonds is 6. The largest absolute Gasteiger partial charge is 0.486 e. The summed E-state index contributed by atoms with van der Waals surface area (Å²) in [6, 6.07) is 19.1. The highest BCUT2D eigenvalue weighted by molar-refractivity contribution is 7.89. The summed E-state index contributed by atoms with van der Waals surface area (Å²) >= 11 is 0. The zero-order valence-corrected chi connectivity index (χ0v) is 21.3. The van der Waals surface area contributed by atoms with Crippen LogP contribution in [0.5, 0.6) is 11.5 Å². The predicted molar refractivity (Wildman–Crippen MR) is 135 cm³/mol. The van der Waals surface area contributed by atoms with Crippen LogP contribution in [0, 0.1) is 0 Å². The summed E-state index contributed by atoms with van der Waals surface area (Å²) in [4.78, 5) is 13.6. The first-order valence-corrected chi connectivity index (χ1v) is 14.5. The first kappa shape index (κ1) is 25.2. The normalized spacial score (nSPS) is 18.8. The average molecular weight is 544 g/mol. The number of ether oxygens (including phenoxy) is 2. The van der Waals surface area contributed by atoms with Crippen molar-refractivity contribution in [3.8, 4) is 11.5 Å². The molecule has 3 aromatic rings. The minimum Gasteiger partial charge on any atom is -0.486 e. The van der Waals surface area contributed by atoms with Crippen LogP contribution in [0.1, 0.15) is 0 Å². The Bertz CT molecular complexity index is 1500. The number of hydrogen-bond donors (Lipinski definition) is 1. The van der Waals surface area contributed by atoms with Gasteiger partial charge in [-0.3, -0.25) is 4.79 Å². The van der Waals surface area contributed by atoms with Gasteiger partial charge in [0.2, 0.25) is 26.0 Å². The van der Waals surface area contributed by atoms with Gasteiger partial charge in [0.1, 0.15) is 19.3 Å².